The number of nitrogens with one attached hydrogen (secondary N) is 1. The molecule has 7 nitrogen and oxygen atoms in total. The van der Waals surface area contributed by atoms with Gasteiger partial charge in [-0.1, -0.05) is 30.3 Å². The second-order valence-corrected chi connectivity index (χ2v) is 8.14. The molecule has 0 unspecified atom stereocenters. The Balaban J connectivity index is 1.98. The van der Waals surface area contributed by atoms with Crippen molar-refractivity contribution in [3.05, 3.63) is 72.8 Å². The van der Waals surface area contributed by atoms with E-state index in [1.807, 2.05) is 42.5 Å². The lowest BCUT2D eigenvalue weighted by Crippen LogP contribution is -2.11. The average molecular weight is 406 g/mol. The number of fused-ring (bicyclic) bond motifs is 1. The number of nitrogens with two attached hydrogens (primary N) is 1. The lowest BCUT2D eigenvalue weighted by molar-refractivity contribution is -0.114. The highest BCUT2D eigenvalue weighted by Crippen LogP contribution is 2.32. The van der Waals surface area contributed by atoms with Gasteiger partial charge in [0.1, 0.15) is 5.69 Å². The predicted octanol–water partition coefficient (Wildman–Crippen LogP) is 3.30. The molecule has 1 heterocycles. The smallest absolute Gasteiger partial charge is 0.238 e. The number of benzene rings is 3. The molecule has 0 aliphatic rings. The number of rotatable bonds is 4. The van der Waals surface area contributed by atoms with Gasteiger partial charge >= 0.3 is 0 Å². The van der Waals surface area contributed by atoms with Crippen molar-refractivity contribution < 1.29 is 13.2 Å². The first kappa shape index (κ1) is 18.9. The molecule has 146 valence electrons. The molecule has 0 saturated carbocycles. The van der Waals surface area contributed by atoms with Crippen LogP contribution >= 0.6 is 0 Å². The summed E-state index contributed by atoms with van der Waals surface area (Å²) in [4.78, 5) is 11.5. The molecule has 4 rings (SSSR count). The maximum atomic E-state index is 11.8. The van der Waals surface area contributed by atoms with Gasteiger partial charge in [0.15, 0.2) is 0 Å². The number of para-hydroxylation sites is 1. The second kappa shape index (κ2) is 7.16. The van der Waals surface area contributed by atoms with Crippen LogP contribution in [0.3, 0.4) is 0 Å². The third-order valence-corrected chi connectivity index (χ3v) is 5.35. The van der Waals surface area contributed by atoms with E-state index in [9.17, 15) is 13.2 Å². The molecule has 3 aromatic carbocycles. The first-order chi connectivity index (χ1) is 13.8. The van der Waals surface area contributed by atoms with Crippen molar-refractivity contribution in [2.24, 2.45) is 5.14 Å². The average Bonchev–Trinajstić information content (AvgIpc) is 3.06. The Bertz CT molecular complexity index is 1330. The standard InChI is InChI=1S/C21H18N4O3S/c1-14(26)23-16-10-11-20-19(13-16)21(24-25(20)17-7-3-2-4-8-17)15-6-5-9-18(12-15)29(22,27)28/h2-13H,1H3,(H,23,26)(H2,22,27,28). The highest BCUT2D eigenvalue weighted by Gasteiger charge is 2.16. The van der Waals surface area contributed by atoms with E-state index in [0.717, 1.165) is 16.6 Å². The van der Waals surface area contributed by atoms with E-state index in [0.29, 0.717) is 16.9 Å². The molecule has 0 bridgehead atoms. The van der Waals surface area contributed by atoms with Crippen LogP contribution in [0.5, 0.6) is 0 Å². The number of amides is 1. The number of sulfonamides is 1. The maximum absolute atomic E-state index is 11.8. The number of anilines is 1. The number of hydrogen-bond donors (Lipinski definition) is 2. The molecule has 0 atom stereocenters. The van der Waals surface area contributed by atoms with Gasteiger partial charge < -0.3 is 5.32 Å². The molecule has 0 aliphatic heterocycles. The zero-order chi connectivity index (χ0) is 20.6. The first-order valence-electron chi connectivity index (χ1n) is 8.82. The van der Waals surface area contributed by atoms with Crippen LogP contribution in [0.15, 0.2) is 77.7 Å². The third-order valence-electron chi connectivity index (χ3n) is 4.44. The summed E-state index contributed by atoms with van der Waals surface area (Å²) >= 11 is 0. The Morgan fingerprint density at radius 2 is 1.76 bits per heavy atom. The van der Waals surface area contributed by atoms with Crippen LogP contribution in [0.2, 0.25) is 0 Å². The van der Waals surface area contributed by atoms with Crippen LogP contribution in [0.4, 0.5) is 5.69 Å². The number of primary sulfonamides is 1. The Labute approximate surface area is 167 Å². The molecule has 0 fully saturated rings. The predicted molar refractivity (Wildman–Crippen MR) is 112 cm³/mol. The maximum Gasteiger partial charge on any atom is 0.238 e. The quantitative estimate of drug-likeness (QED) is 0.542. The number of nitrogens with zero attached hydrogens (tertiary/aromatic N) is 2. The highest BCUT2D eigenvalue weighted by atomic mass is 32.2. The molecule has 1 amide bonds. The van der Waals surface area contributed by atoms with Gasteiger partial charge in [-0.05, 0) is 42.5 Å². The van der Waals surface area contributed by atoms with Crippen molar-refractivity contribution in [3.8, 4) is 16.9 Å². The van der Waals surface area contributed by atoms with Crippen molar-refractivity contribution >= 4 is 32.5 Å². The minimum atomic E-state index is -3.85. The molecule has 0 radical (unpaired) electrons. The summed E-state index contributed by atoms with van der Waals surface area (Å²) in [5, 5.41) is 13.6. The van der Waals surface area contributed by atoms with Crippen LogP contribution in [0.25, 0.3) is 27.8 Å². The van der Waals surface area contributed by atoms with Gasteiger partial charge in [-0.25, -0.2) is 18.2 Å². The van der Waals surface area contributed by atoms with Crippen molar-refractivity contribution in [3.63, 3.8) is 0 Å². The SMILES string of the molecule is CC(=O)Nc1ccc2c(c1)c(-c1cccc(S(N)(=O)=O)c1)nn2-c1ccccc1. The van der Waals surface area contributed by atoms with Crippen LogP contribution < -0.4 is 10.5 Å². The largest absolute Gasteiger partial charge is 0.326 e. The summed E-state index contributed by atoms with van der Waals surface area (Å²) < 4.78 is 25.4. The molecule has 0 spiro atoms. The monoisotopic (exact) mass is 406 g/mol. The van der Waals surface area contributed by atoms with E-state index in [1.165, 1.54) is 19.1 Å². The summed E-state index contributed by atoms with van der Waals surface area (Å²) in [6, 6.07) is 21.4. The minimum absolute atomic E-state index is 0.00965. The van der Waals surface area contributed by atoms with Gasteiger partial charge in [-0.2, -0.15) is 5.10 Å². The van der Waals surface area contributed by atoms with Gasteiger partial charge in [-0.15, -0.1) is 0 Å². The Hall–Kier alpha value is -3.49. The fraction of sp³-hybridized carbons (Fsp3) is 0.0476. The van der Waals surface area contributed by atoms with Gasteiger partial charge in [0.2, 0.25) is 15.9 Å². The zero-order valence-electron chi connectivity index (χ0n) is 15.5. The molecule has 0 aliphatic carbocycles. The molecule has 29 heavy (non-hydrogen) atoms. The fourth-order valence-corrected chi connectivity index (χ4v) is 3.76. The van der Waals surface area contributed by atoms with Gasteiger partial charge in [0, 0.05) is 23.6 Å². The molecule has 4 aromatic rings. The van der Waals surface area contributed by atoms with Crippen LogP contribution in [-0.2, 0) is 14.8 Å². The van der Waals surface area contributed by atoms with Crippen LogP contribution in [0, 0.1) is 0 Å². The van der Waals surface area contributed by atoms with Gasteiger partial charge in [0.05, 0.1) is 16.1 Å². The van der Waals surface area contributed by atoms with Gasteiger partial charge in [0.25, 0.3) is 0 Å². The number of aromatic nitrogens is 2. The summed E-state index contributed by atoms with van der Waals surface area (Å²) in [5.41, 5.74) is 3.50. The Morgan fingerprint density at radius 1 is 1.00 bits per heavy atom. The van der Waals surface area contributed by atoms with Crippen molar-refractivity contribution in [2.75, 3.05) is 5.32 Å². The summed E-state index contributed by atoms with van der Waals surface area (Å²) in [7, 11) is -3.85. The van der Waals surface area contributed by atoms with E-state index in [1.54, 1.807) is 22.9 Å². The zero-order valence-corrected chi connectivity index (χ0v) is 16.3. The third kappa shape index (κ3) is 3.75. The molecular weight excluding hydrogens is 388 g/mol. The lowest BCUT2D eigenvalue weighted by Gasteiger charge is -2.05. The molecule has 0 saturated heterocycles. The van der Waals surface area contributed by atoms with E-state index in [2.05, 4.69) is 5.32 Å². The minimum Gasteiger partial charge on any atom is -0.326 e. The van der Waals surface area contributed by atoms with Crippen LogP contribution in [0.1, 0.15) is 6.92 Å². The highest BCUT2D eigenvalue weighted by molar-refractivity contribution is 7.89. The molecule has 3 N–H and O–H groups in total. The Morgan fingerprint density at radius 3 is 2.45 bits per heavy atom. The molecular formula is C21H18N4O3S. The van der Waals surface area contributed by atoms with Crippen molar-refractivity contribution in [1.29, 1.82) is 0 Å². The topological polar surface area (TPSA) is 107 Å². The number of hydrogen-bond acceptors (Lipinski definition) is 4. The van der Waals surface area contributed by atoms with Crippen molar-refractivity contribution in [2.45, 2.75) is 11.8 Å². The fourth-order valence-electron chi connectivity index (χ4n) is 3.20. The van der Waals surface area contributed by atoms with Gasteiger partial charge in [-0.3, -0.25) is 4.79 Å². The van der Waals surface area contributed by atoms with E-state index in [-0.39, 0.29) is 10.8 Å². The summed E-state index contributed by atoms with van der Waals surface area (Å²) in [6.45, 7) is 1.44. The van der Waals surface area contributed by atoms with Crippen molar-refractivity contribution in [1.82, 2.24) is 9.78 Å². The second-order valence-electron chi connectivity index (χ2n) is 6.58. The van der Waals surface area contributed by atoms with Crippen LogP contribution in [-0.4, -0.2) is 24.1 Å². The Kier molecular flexibility index (Phi) is 4.65. The summed E-state index contributed by atoms with van der Waals surface area (Å²) in [5.74, 6) is -0.183. The van der Waals surface area contributed by atoms with E-state index >= 15 is 0 Å². The summed E-state index contributed by atoms with van der Waals surface area (Å²) in [6.07, 6.45) is 0. The van der Waals surface area contributed by atoms with E-state index < -0.39 is 10.0 Å². The molecule has 1 aromatic heterocycles. The normalized spacial score (nSPS) is 11.5. The van der Waals surface area contributed by atoms with E-state index in [4.69, 9.17) is 10.2 Å². The lowest BCUT2D eigenvalue weighted by atomic mass is 10.1. The molecule has 8 heteroatoms. The number of carbonyl (C=O) groups excluding carboxylic acids is 1. The number of carbonyl (C=O) groups is 1. The first-order valence-corrected chi connectivity index (χ1v) is 10.4.